The fourth-order valence-corrected chi connectivity index (χ4v) is 3.81. The molecule has 1 atom stereocenters. The van der Waals surface area contributed by atoms with E-state index in [1.165, 1.54) is 5.56 Å². The monoisotopic (exact) mass is 325 g/mol. The number of H-pyrrole nitrogens is 1. The molecule has 126 valence electrons. The van der Waals surface area contributed by atoms with E-state index in [1.54, 1.807) is 0 Å². The Labute approximate surface area is 141 Å². The van der Waals surface area contributed by atoms with E-state index >= 15 is 0 Å². The number of benzene rings is 1. The molecule has 0 radical (unpaired) electrons. The lowest BCUT2D eigenvalue weighted by atomic mass is 9.91. The van der Waals surface area contributed by atoms with Crippen LogP contribution in [0.4, 0.5) is 0 Å². The van der Waals surface area contributed by atoms with Crippen LogP contribution in [-0.2, 0) is 11.2 Å². The molecule has 2 aliphatic rings. The molecule has 0 spiro atoms. The Morgan fingerprint density at radius 1 is 1.25 bits per heavy atom. The van der Waals surface area contributed by atoms with Crippen LogP contribution in [0.2, 0.25) is 0 Å². The van der Waals surface area contributed by atoms with Gasteiger partial charge in [0, 0.05) is 25.6 Å². The molecular formula is C18H23N5O. The molecule has 6 nitrogen and oxygen atoms in total. The molecule has 2 aliphatic heterocycles. The summed E-state index contributed by atoms with van der Waals surface area (Å²) in [5.41, 5.74) is 2.43. The van der Waals surface area contributed by atoms with Gasteiger partial charge in [-0.05, 0) is 37.3 Å². The van der Waals surface area contributed by atoms with Crippen LogP contribution >= 0.6 is 0 Å². The first-order valence-corrected chi connectivity index (χ1v) is 8.71. The van der Waals surface area contributed by atoms with Gasteiger partial charge in [0.25, 0.3) is 0 Å². The Hall–Kier alpha value is -2.21. The number of hydrogen-bond donors (Lipinski definition) is 2. The zero-order valence-corrected chi connectivity index (χ0v) is 14.0. The predicted molar refractivity (Wildman–Crippen MR) is 90.6 cm³/mol. The third-order valence-corrected chi connectivity index (χ3v) is 5.14. The van der Waals surface area contributed by atoms with E-state index in [2.05, 4.69) is 38.7 Å². The summed E-state index contributed by atoms with van der Waals surface area (Å²) in [6.45, 7) is 4.33. The molecule has 1 aromatic heterocycles. The molecule has 2 N–H and O–H groups in total. The molecule has 4 rings (SSSR count). The first kappa shape index (κ1) is 15.3. The van der Waals surface area contributed by atoms with Crippen molar-refractivity contribution in [1.29, 1.82) is 0 Å². The second-order valence-corrected chi connectivity index (χ2v) is 6.71. The van der Waals surface area contributed by atoms with E-state index in [0.717, 1.165) is 56.1 Å². The molecule has 2 aromatic rings. The van der Waals surface area contributed by atoms with Crippen molar-refractivity contribution < 1.29 is 4.79 Å². The van der Waals surface area contributed by atoms with Crippen LogP contribution in [0.3, 0.4) is 0 Å². The third kappa shape index (κ3) is 2.82. The van der Waals surface area contributed by atoms with Crippen molar-refractivity contribution in [2.24, 2.45) is 0 Å². The van der Waals surface area contributed by atoms with Crippen LogP contribution in [0.15, 0.2) is 24.3 Å². The molecule has 6 heteroatoms. The molecule has 0 aliphatic carbocycles. The first-order valence-electron chi connectivity index (χ1n) is 8.71. The Morgan fingerprint density at radius 2 is 2.04 bits per heavy atom. The van der Waals surface area contributed by atoms with Crippen LogP contribution in [0, 0.1) is 6.92 Å². The topological polar surface area (TPSA) is 73.9 Å². The second kappa shape index (κ2) is 6.36. The molecular weight excluding hydrogens is 302 g/mol. The highest BCUT2D eigenvalue weighted by Gasteiger charge is 2.32. The maximum Gasteiger partial charge on any atom is 0.244 e. The van der Waals surface area contributed by atoms with Gasteiger partial charge in [-0.1, -0.05) is 24.3 Å². The number of nitrogens with one attached hydrogen (secondary N) is 2. The van der Waals surface area contributed by atoms with Crippen LogP contribution in [0.25, 0.3) is 0 Å². The van der Waals surface area contributed by atoms with E-state index in [9.17, 15) is 4.79 Å². The zero-order valence-electron chi connectivity index (χ0n) is 14.0. The zero-order chi connectivity index (χ0) is 16.5. The highest BCUT2D eigenvalue weighted by Crippen LogP contribution is 2.29. The van der Waals surface area contributed by atoms with Crippen LogP contribution in [-0.4, -0.2) is 45.6 Å². The third-order valence-electron chi connectivity index (χ3n) is 5.14. The highest BCUT2D eigenvalue weighted by molar-refractivity contribution is 5.84. The summed E-state index contributed by atoms with van der Waals surface area (Å²) in [5, 5.41) is 10.6. The van der Waals surface area contributed by atoms with Crippen molar-refractivity contribution in [3.05, 3.63) is 47.0 Å². The van der Waals surface area contributed by atoms with E-state index in [-0.39, 0.29) is 11.9 Å². The van der Waals surface area contributed by atoms with Crippen molar-refractivity contribution >= 4 is 5.91 Å². The van der Waals surface area contributed by atoms with Crippen molar-refractivity contribution in [2.75, 3.05) is 19.6 Å². The number of aromatic nitrogens is 3. The molecule has 1 aromatic carbocycles. The number of likely N-dealkylation sites (tertiary alicyclic amines) is 1. The predicted octanol–water partition coefficient (Wildman–Crippen LogP) is 1.71. The van der Waals surface area contributed by atoms with Gasteiger partial charge in [-0.2, -0.15) is 5.10 Å². The Kier molecular flexibility index (Phi) is 4.06. The van der Waals surface area contributed by atoms with Crippen LogP contribution in [0.1, 0.15) is 47.6 Å². The van der Waals surface area contributed by atoms with E-state index in [0.29, 0.717) is 5.92 Å². The molecule has 3 heterocycles. The van der Waals surface area contributed by atoms with Gasteiger partial charge in [0.15, 0.2) is 5.82 Å². The highest BCUT2D eigenvalue weighted by atomic mass is 16.2. The number of aryl methyl sites for hydroxylation is 1. The quantitative estimate of drug-likeness (QED) is 0.881. The molecule has 1 fully saturated rings. The number of carbonyl (C=O) groups excluding carboxylic acids is 1. The number of hydrogen-bond acceptors (Lipinski definition) is 4. The largest absolute Gasteiger partial charge is 0.341 e. The van der Waals surface area contributed by atoms with Crippen molar-refractivity contribution in [1.82, 2.24) is 25.4 Å². The molecule has 1 amide bonds. The lowest BCUT2D eigenvalue weighted by molar-refractivity contribution is -0.134. The van der Waals surface area contributed by atoms with Gasteiger partial charge in [0.2, 0.25) is 5.91 Å². The molecule has 1 unspecified atom stereocenters. The maximum absolute atomic E-state index is 13.0. The Bertz CT molecular complexity index is 733. The number of fused-ring (bicyclic) bond motifs is 1. The summed E-state index contributed by atoms with van der Waals surface area (Å²) in [5.74, 6) is 2.30. The minimum Gasteiger partial charge on any atom is -0.341 e. The van der Waals surface area contributed by atoms with Crippen molar-refractivity contribution in [3.8, 4) is 0 Å². The molecule has 1 saturated heterocycles. The van der Waals surface area contributed by atoms with E-state index in [4.69, 9.17) is 0 Å². The SMILES string of the molecule is Cc1nc(C2CCN(C(=O)C3NCCc4ccccc43)CC2)n[nH]1. The minimum atomic E-state index is -0.197. The number of piperidine rings is 1. The average Bonchev–Trinajstić information content (AvgIpc) is 3.07. The first-order chi connectivity index (χ1) is 11.7. The number of nitrogens with zero attached hydrogens (tertiary/aromatic N) is 3. The number of rotatable bonds is 2. The molecule has 0 bridgehead atoms. The number of aromatic amines is 1. The summed E-state index contributed by atoms with van der Waals surface area (Å²) in [6.07, 6.45) is 2.85. The summed E-state index contributed by atoms with van der Waals surface area (Å²) in [6, 6.07) is 8.08. The summed E-state index contributed by atoms with van der Waals surface area (Å²) in [7, 11) is 0. The average molecular weight is 325 g/mol. The van der Waals surface area contributed by atoms with Crippen molar-refractivity contribution in [3.63, 3.8) is 0 Å². The van der Waals surface area contributed by atoms with Gasteiger partial charge in [-0.15, -0.1) is 0 Å². The van der Waals surface area contributed by atoms with E-state index < -0.39 is 0 Å². The summed E-state index contributed by atoms with van der Waals surface area (Å²) >= 11 is 0. The molecule has 0 saturated carbocycles. The van der Waals surface area contributed by atoms with Gasteiger partial charge in [0.05, 0.1) is 0 Å². The summed E-state index contributed by atoms with van der Waals surface area (Å²) in [4.78, 5) is 19.4. The molecule has 24 heavy (non-hydrogen) atoms. The van der Waals surface area contributed by atoms with Gasteiger partial charge in [-0.3, -0.25) is 9.89 Å². The lowest BCUT2D eigenvalue weighted by Gasteiger charge is -2.35. The fourth-order valence-electron chi connectivity index (χ4n) is 3.81. The van der Waals surface area contributed by atoms with Crippen LogP contribution < -0.4 is 5.32 Å². The standard InChI is InChI=1S/C18H23N5O/c1-12-20-17(22-21-12)14-7-10-23(11-8-14)18(24)16-15-5-3-2-4-13(15)6-9-19-16/h2-5,14,16,19H,6-11H2,1H3,(H,20,21,22). The second-order valence-electron chi connectivity index (χ2n) is 6.71. The number of amides is 1. The Balaban J connectivity index is 1.44. The van der Waals surface area contributed by atoms with Crippen LogP contribution in [0.5, 0.6) is 0 Å². The minimum absolute atomic E-state index is 0.197. The smallest absolute Gasteiger partial charge is 0.244 e. The Morgan fingerprint density at radius 3 is 2.79 bits per heavy atom. The van der Waals surface area contributed by atoms with Gasteiger partial charge >= 0.3 is 0 Å². The van der Waals surface area contributed by atoms with Gasteiger partial charge in [0.1, 0.15) is 11.9 Å². The summed E-state index contributed by atoms with van der Waals surface area (Å²) < 4.78 is 0. The van der Waals surface area contributed by atoms with E-state index in [1.807, 2.05) is 17.9 Å². The number of carbonyl (C=O) groups is 1. The lowest BCUT2D eigenvalue weighted by Crippen LogP contribution is -2.46. The van der Waals surface area contributed by atoms with Crippen molar-refractivity contribution in [2.45, 2.75) is 38.1 Å². The maximum atomic E-state index is 13.0. The fraction of sp³-hybridized carbons (Fsp3) is 0.500. The van der Waals surface area contributed by atoms with Gasteiger partial charge in [-0.25, -0.2) is 4.98 Å². The van der Waals surface area contributed by atoms with Gasteiger partial charge < -0.3 is 10.2 Å². The normalized spacial score (nSPS) is 21.5.